The molecule has 0 aliphatic rings. The zero-order valence-corrected chi connectivity index (χ0v) is 7.53. The van der Waals surface area contributed by atoms with Crippen molar-refractivity contribution in [2.75, 3.05) is 0 Å². The number of benzene rings is 1. The number of fused-ring (bicyclic) bond motifs is 1. The second kappa shape index (κ2) is 2.77. The molecular weight excluding hydrogens is 182 g/mol. The van der Waals surface area contributed by atoms with Gasteiger partial charge in [0.2, 0.25) is 0 Å². The molecule has 14 heavy (non-hydrogen) atoms. The van der Waals surface area contributed by atoms with E-state index in [0.29, 0.717) is 11.2 Å². The van der Waals surface area contributed by atoms with Crippen molar-refractivity contribution in [3.63, 3.8) is 0 Å². The molecule has 0 saturated heterocycles. The molecule has 1 aromatic carbocycles. The molecule has 0 unspecified atom stereocenters. The van der Waals surface area contributed by atoms with Crippen molar-refractivity contribution in [3.8, 4) is 11.5 Å². The summed E-state index contributed by atoms with van der Waals surface area (Å²) in [6.45, 7) is 1.73. The van der Waals surface area contributed by atoms with Gasteiger partial charge in [0, 0.05) is 17.8 Å². The number of hydrogen-bond donors (Lipinski definition) is 3. The molecule has 0 spiro atoms. The van der Waals surface area contributed by atoms with Crippen LogP contribution in [0.2, 0.25) is 0 Å². The number of hydrogen-bond acceptors (Lipinski definition) is 3. The van der Waals surface area contributed by atoms with Gasteiger partial charge in [-0.15, -0.1) is 0 Å². The van der Waals surface area contributed by atoms with E-state index in [-0.39, 0.29) is 22.3 Å². The minimum atomic E-state index is -0.220. The molecule has 0 amide bonds. The minimum Gasteiger partial charge on any atom is -0.508 e. The second-order valence-electron chi connectivity index (χ2n) is 3.20. The predicted octanol–water partition coefficient (Wildman–Crippen LogP) is 1.25. The van der Waals surface area contributed by atoms with Crippen LogP contribution in [0, 0.1) is 6.92 Å². The Labute approximate surface area is 79.4 Å². The summed E-state index contributed by atoms with van der Waals surface area (Å²) < 4.78 is 0. The molecule has 2 rings (SSSR count). The van der Waals surface area contributed by atoms with Crippen LogP contribution in [0.25, 0.3) is 10.9 Å². The number of H-pyrrole nitrogens is 1. The fourth-order valence-electron chi connectivity index (χ4n) is 1.45. The SMILES string of the molecule is Cc1cc(=O)c2cc(O)cc(O)c2[nH]1. The summed E-state index contributed by atoms with van der Waals surface area (Å²) in [6.07, 6.45) is 0. The second-order valence-corrected chi connectivity index (χ2v) is 3.20. The highest BCUT2D eigenvalue weighted by Crippen LogP contribution is 2.25. The molecule has 0 atom stereocenters. The number of pyridine rings is 1. The van der Waals surface area contributed by atoms with Gasteiger partial charge in [-0.05, 0) is 13.0 Å². The Balaban J connectivity index is 3.02. The van der Waals surface area contributed by atoms with E-state index in [1.54, 1.807) is 6.92 Å². The fraction of sp³-hybridized carbons (Fsp3) is 0.100. The Morgan fingerprint density at radius 3 is 2.64 bits per heavy atom. The molecule has 0 radical (unpaired) electrons. The van der Waals surface area contributed by atoms with E-state index in [4.69, 9.17) is 0 Å². The van der Waals surface area contributed by atoms with Crippen molar-refractivity contribution in [1.82, 2.24) is 4.98 Å². The number of aryl methyl sites for hydroxylation is 1. The Kier molecular flexibility index (Phi) is 1.70. The normalized spacial score (nSPS) is 10.6. The van der Waals surface area contributed by atoms with Gasteiger partial charge >= 0.3 is 0 Å². The van der Waals surface area contributed by atoms with Crippen molar-refractivity contribution in [2.24, 2.45) is 0 Å². The molecule has 0 aliphatic heterocycles. The predicted molar refractivity (Wildman–Crippen MR) is 52.6 cm³/mol. The van der Waals surface area contributed by atoms with Crippen LogP contribution in [0.4, 0.5) is 0 Å². The molecule has 3 N–H and O–H groups in total. The van der Waals surface area contributed by atoms with Crippen molar-refractivity contribution in [1.29, 1.82) is 0 Å². The maximum absolute atomic E-state index is 11.5. The highest BCUT2D eigenvalue weighted by molar-refractivity contribution is 5.85. The van der Waals surface area contributed by atoms with E-state index in [9.17, 15) is 15.0 Å². The van der Waals surface area contributed by atoms with Gasteiger partial charge in [-0.3, -0.25) is 4.79 Å². The van der Waals surface area contributed by atoms with Crippen molar-refractivity contribution in [3.05, 3.63) is 34.1 Å². The molecule has 1 aromatic heterocycles. The van der Waals surface area contributed by atoms with Gasteiger partial charge in [0.25, 0.3) is 0 Å². The summed E-state index contributed by atoms with van der Waals surface area (Å²) in [4.78, 5) is 14.3. The number of nitrogens with one attached hydrogen (secondary N) is 1. The summed E-state index contributed by atoms with van der Waals surface area (Å²) >= 11 is 0. The number of phenolic OH excluding ortho intramolecular Hbond substituents is 2. The maximum Gasteiger partial charge on any atom is 0.189 e. The van der Waals surface area contributed by atoms with Crippen molar-refractivity contribution in [2.45, 2.75) is 6.92 Å². The van der Waals surface area contributed by atoms with Crippen LogP contribution in [0.1, 0.15) is 5.69 Å². The Morgan fingerprint density at radius 2 is 1.93 bits per heavy atom. The maximum atomic E-state index is 11.5. The molecule has 0 bridgehead atoms. The van der Waals surface area contributed by atoms with Gasteiger partial charge in [-0.1, -0.05) is 0 Å². The minimum absolute atomic E-state index is 0.121. The summed E-state index contributed by atoms with van der Waals surface area (Å²) in [5.74, 6) is -0.245. The lowest BCUT2D eigenvalue weighted by atomic mass is 10.1. The first kappa shape index (κ1) is 8.62. The number of rotatable bonds is 0. The molecule has 0 fully saturated rings. The molecule has 72 valence electrons. The summed E-state index contributed by atoms with van der Waals surface area (Å²) in [6, 6.07) is 3.94. The summed E-state index contributed by atoms with van der Waals surface area (Å²) in [5, 5.41) is 18.9. The van der Waals surface area contributed by atoms with E-state index in [2.05, 4.69) is 4.98 Å². The van der Waals surface area contributed by atoms with E-state index >= 15 is 0 Å². The first-order valence-corrected chi connectivity index (χ1v) is 4.13. The van der Waals surface area contributed by atoms with Crippen LogP contribution in [0.3, 0.4) is 0 Å². The van der Waals surface area contributed by atoms with Crippen molar-refractivity contribution < 1.29 is 10.2 Å². The molecule has 2 aromatic rings. The average Bonchev–Trinajstić information content (AvgIpc) is 2.07. The van der Waals surface area contributed by atoms with Gasteiger partial charge < -0.3 is 15.2 Å². The van der Waals surface area contributed by atoms with E-state index < -0.39 is 0 Å². The molecule has 4 heteroatoms. The third kappa shape index (κ3) is 1.21. The number of aromatic amines is 1. The van der Waals surface area contributed by atoms with Crippen LogP contribution in [0.5, 0.6) is 11.5 Å². The first-order valence-electron chi connectivity index (χ1n) is 4.13. The van der Waals surface area contributed by atoms with Gasteiger partial charge in [0.1, 0.15) is 11.5 Å². The van der Waals surface area contributed by atoms with Crippen LogP contribution in [-0.4, -0.2) is 15.2 Å². The highest BCUT2D eigenvalue weighted by Gasteiger charge is 2.06. The van der Waals surface area contributed by atoms with E-state index in [0.717, 1.165) is 0 Å². The monoisotopic (exact) mass is 191 g/mol. The van der Waals surface area contributed by atoms with Crippen molar-refractivity contribution >= 4 is 10.9 Å². The van der Waals surface area contributed by atoms with Gasteiger partial charge in [0.15, 0.2) is 5.43 Å². The molecule has 0 aliphatic carbocycles. The van der Waals surface area contributed by atoms with Crippen LogP contribution in [-0.2, 0) is 0 Å². The van der Waals surface area contributed by atoms with Crippen LogP contribution in [0.15, 0.2) is 23.0 Å². The van der Waals surface area contributed by atoms with Gasteiger partial charge in [-0.2, -0.15) is 0 Å². The Bertz CT molecular complexity index is 557. The van der Waals surface area contributed by atoms with Gasteiger partial charge in [0.05, 0.1) is 10.9 Å². The molecule has 0 saturated carbocycles. The lowest BCUT2D eigenvalue weighted by Gasteiger charge is -2.03. The van der Waals surface area contributed by atoms with Gasteiger partial charge in [-0.25, -0.2) is 0 Å². The van der Waals surface area contributed by atoms with Crippen LogP contribution < -0.4 is 5.43 Å². The number of phenols is 2. The van der Waals surface area contributed by atoms with E-state index in [1.165, 1.54) is 18.2 Å². The topological polar surface area (TPSA) is 73.3 Å². The third-order valence-corrected chi connectivity index (χ3v) is 2.04. The highest BCUT2D eigenvalue weighted by atomic mass is 16.3. The quantitative estimate of drug-likeness (QED) is 0.586. The zero-order valence-electron chi connectivity index (χ0n) is 7.53. The fourth-order valence-corrected chi connectivity index (χ4v) is 1.45. The summed E-state index contributed by atoms with van der Waals surface area (Å²) in [7, 11) is 0. The number of aromatic nitrogens is 1. The Hall–Kier alpha value is -1.97. The molecule has 1 heterocycles. The van der Waals surface area contributed by atoms with Crippen LogP contribution >= 0.6 is 0 Å². The third-order valence-electron chi connectivity index (χ3n) is 2.04. The summed E-state index contributed by atoms with van der Waals surface area (Å²) in [5.41, 5.74) is 0.804. The lowest BCUT2D eigenvalue weighted by molar-refractivity contribution is 0.454. The smallest absolute Gasteiger partial charge is 0.189 e. The average molecular weight is 191 g/mol. The zero-order chi connectivity index (χ0) is 10.3. The standard InChI is InChI=1S/C10H9NO3/c1-5-2-8(13)7-3-6(12)4-9(14)10(7)11-5/h2-4,12,14H,1H3,(H,11,13). The number of aromatic hydroxyl groups is 2. The largest absolute Gasteiger partial charge is 0.508 e. The molecular formula is C10H9NO3. The van der Waals surface area contributed by atoms with E-state index in [1.807, 2.05) is 0 Å². The lowest BCUT2D eigenvalue weighted by Crippen LogP contribution is -2.02. The Morgan fingerprint density at radius 1 is 1.21 bits per heavy atom. The first-order chi connectivity index (χ1) is 6.58. The molecule has 4 nitrogen and oxygen atoms in total.